The number of fused-ring (bicyclic) bond motifs is 1. The van der Waals surface area contributed by atoms with E-state index in [1.807, 2.05) is 24.3 Å². The van der Waals surface area contributed by atoms with Crippen LogP contribution in [0.25, 0.3) is 10.2 Å². The number of nitrogens with two attached hydrogens (primary N) is 1. The van der Waals surface area contributed by atoms with Crippen LogP contribution in [0.1, 0.15) is 70.0 Å². The van der Waals surface area contributed by atoms with Crippen LogP contribution in [0.5, 0.6) is 5.75 Å². The molecule has 4 rings (SSSR count). The van der Waals surface area contributed by atoms with Gasteiger partial charge in [-0.1, -0.05) is 32.9 Å². The topological polar surface area (TPSA) is 107 Å². The van der Waals surface area contributed by atoms with Gasteiger partial charge in [0, 0.05) is 5.39 Å². The van der Waals surface area contributed by atoms with Gasteiger partial charge in [-0.25, -0.2) is 13.8 Å². The van der Waals surface area contributed by atoms with Crippen LogP contribution >= 0.6 is 11.3 Å². The van der Waals surface area contributed by atoms with Gasteiger partial charge in [-0.3, -0.25) is 9.59 Å². The molecule has 3 heterocycles. The average molecular weight is 514 g/mol. The molecule has 7 nitrogen and oxygen atoms in total. The molecule has 3 aromatic heterocycles. The molecule has 3 N–H and O–H groups in total. The average Bonchev–Trinajstić information content (AvgIpc) is 3.42. The Morgan fingerprint density at radius 2 is 1.86 bits per heavy atom. The first-order valence-corrected chi connectivity index (χ1v) is 11.9. The number of amides is 2. The lowest BCUT2D eigenvalue weighted by Gasteiger charge is -2.19. The normalized spacial score (nSPS) is 11.8. The maximum Gasteiger partial charge on any atom is 0.291 e. The van der Waals surface area contributed by atoms with E-state index in [1.54, 1.807) is 13.0 Å². The molecule has 0 unspecified atom stereocenters. The van der Waals surface area contributed by atoms with E-state index in [0.29, 0.717) is 22.5 Å². The zero-order valence-corrected chi connectivity index (χ0v) is 21.0. The number of halogens is 2. The monoisotopic (exact) mass is 513 g/mol. The number of alkyl halides is 2. The predicted octanol–water partition coefficient (Wildman–Crippen LogP) is 6.36. The summed E-state index contributed by atoms with van der Waals surface area (Å²) in [6.45, 7) is 8.08. The van der Waals surface area contributed by atoms with Gasteiger partial charge >= 0.3 is 0 Å². The Morgan fingerprint density at radius 3 is 2.47 bits per heavy atom. The Hall–Kier alpha value is -3.79. The second kappa shape index (κ2) is 9.69. The lowest BCUT2D eigenvalue weighted by Crippen LogP contribution is -2.16. The Bertz CT molecular complexity index is 1440. The highest BCUT2D eigenvalue weighted by Gasteiger charge is 2.24. The molecule has 0 aliphatic rings. The van der Waals surface area contributed by atoms with Crippen LogP contribution in [0, 0.1) is 6.92 Å². The molecule has 0 fully saturated rings. The van der Waals surface area contributed by atoms with E-state index in [-0.39, 0.29) is 33.2 Å². The molecule has 0 radical (unpaired) electrons. The highest BCUT2D eigenvalue weighted by Crippen LogP contribution is 2.38. The van der Waals surface area contributed by atoms with Crippen molar-refractivity contribution in [2.24, 2.45) is 5.73 Å². The number of rotatable bonds is 7. The number of carbonyl (C=O) groups excluding carboxylic acids is 2. The Kier molecular flexibility index (Phi) is 6.81. The van der Waals surface area contributed by atoms with Crippen molar-refractivity contribution in [2.75, 3.05) is 5.32 Å². The van der Waals surface area contributed by atoms with E-state index in [0.717, 1.165) is 11.3 Å². The van der Waals surface area contributed by atoms with Gasteiger partial charge in [0.1, 0.15) is 33.5 Å². The highest BCUT2D eigenvalue weighted by atomic mass is 32.1. The number of aryl methyl sites for hydroxylation is 1. The van der Waals surface area contributed by atoms with E-state index in [1.165, 1.54) is 17.7 Å². The van der Waals surface area contributed by atoms with E-state index in [9.17, 15) is 18.4 Å². The first-order chi connectivity index (χ1) is 16.9. The number of anilines is 1. The Balaban J connectivity index is 1.51. The predicted molar refractivity (Wildman–Crippen MR) is 134 cm³/mol. The van der Waals surface area contributed by atoms with Crippen LogP contribution < -0.4 is 15.8 Å². The van der Waals surface area contributed by atoms with Crippen molar-refractivity contribution in [3.05, 3.63) is 75.7 Å². The van der Waals surface area contributed by atoms with Gasteiger partial charge < -0.3 is 20.2 Å². The number of nitrogens with zero attached hydrogens (tertiary/aromatic N) is 1. The van der Waals surface area contributed by atoms with Gasteiger partial charge in [-0.05, 0) is 53.8 Å². The lowest BCUT2D eigenvalue weighted by atomic mass is 9.87. The summed E-state index contributed by atoms with van der Waals surface area (Å²) in [6, 6.07) is 12.1. The minimum absolute atomic E-state index is 0.00850. The number of thiophene rings is 1. The van der Waals surface area contributed by atoms with Crippen LogP contribution in [-0.2, 0) is 12.0 Å². The number of hydrogen-bond acceptors (Lipinski definition) is 6. The lowest BCUT2D eigenvalue weighted by molar-refractivity contribution is 0.0992. The van der Waals surface area contributed by atoms with Crippen molar-refractivity contribution in [3.63, 3.8) is 0 Å². The molecule has 10 heteroatoms. The molecule has 0 aliphatic heterocycles. The molecule has 1 aromatic carbocycles. The summed E-state index contributed by atoms with van der Waals surface area (Å²) < 4.78 is 37.7. The summed E-state index contributed by atoms with van der Waals surface area (Å²) in [6.07, 6.45) is -2.77. The molecule has 2 amide bonds. The standard InChI is InChI=1S/C26H25F2N3O4S/c1-13-11-17(22(27)28)30-25-19(13)20(21(36-25)23(29)32)31-24(33)18-10-9-16(35-18)12-34-15-7-5-14(6-8-15)26(2,3)4/h5-11,22H,12H2,1-4H3,(H2,29,32)(H,31,33). The molecule has 0 atom stereocenters. The molecule has 0 saturated carbocycles. The van der Waals surface area contributed by atoms with E-state index >= 15 is 0 Å². The molecule has 0 spiro atoms. The van der Waals surface area contributed by atoms with Gasteiger partial charge in [0.05, 0.1) is 5.69 Å². The van der Waals surface area contributed by atoms with Gasteiger partial charge in [0.2, 0.25) is 0 Å². The second-order valence-corrected chi connectivity index (χ2v) is 10.3. The van der Waals surface area contributed by atoms with Crippen LogP contribution in [0.3, 0.4) is 0 Å². The van der Waals surface area contributed by atoms with Crippen LogP contribution in [0.2, 0.25) is 0 Å². The molecule has 0 saturated heterocycles. The van der Waals surface area contributed by atoms with Crippen LogP contribution in [0.15, 0.2) is 46.9 Å². The molecular weight excluding hydrogens is 488 g/mol. The zero-order valence-electron chi connectivity index (χ0n) is 20.1. The maximum atomic E-state index is 13.2. The number of aromatic nitrogens is 1. The fraction of sp³-hybridized carbons (Fsp3) is 0.269. The van der Waals surface area contributed by atoms with Gasteiger partial charge in [-0.15, -0.1) is 11.3 Å². The largest absolute Gasteiger partial charge is 0.486 e. The number of furan rings is 1. The van der Waals surface area contributed by atoms with Crippen LogP contribution in [0.4, 0.5) is 14.5 Å². The number of hydrogen-bond donors (Lipinski definition) is 2. The van der Waals surface area contributed by atoms with Crippen molar-refractivity contribution < 1.29 is 27.5 Å². The summed E-state index contributed by atoms with van der Waals surface area (Å²) in [5.74, 6) is -0.369. The second-order valence-electron chi connectivity index (χ2n) is 9.30. The summed E-state index contributed by atoms with van der Waals surface area (Å²) in [5, 5.41) is 3.01. The molecule has 0 bridgehead atoms. The smallest absolute Gasteiger partial charge is 0.291 e. The molecular formula is C26H25F2N3O4S. The Morgan fingerprint density at radius 1 is 1.17 bits per heavy atom. The molecule has 4 aromatic rings. The molecule has 188 valence electrons. The SMILES string of the molecule is Cc1cc(C(F)F)nc2sc(C(N)=O)c(NC(=O)c3ccc(COc4ccc(C(C)(C)C)cc4)o3)c12. The van der Waals surface area contributed by atoms with Gasteiger partial charge in [0.25, 0.3) is 18.2 Å². The van der Waals surface area contributed by atoms with E-state index < -0.39 is 23.9 Å². The third kappa shape index (κ3) is 5.23. The van der Waals surface area contributed by atoms with Crippen molar-refractivity contribution in [1.82, 2.24) is 4.98 Å². The summed E-state index contributed by atoms with van der Waals surface area (Å²) >= 11 is 0.844. The van der Waals surface area contributed by atoms with Crippen molar-refractivity contribution >= 4 is 39.1 Å². The van der Waals surface area contributed by atoms with E-state index in [4.69, 9.17) is 14.9 Å². The summed E-state index contributed by atoms with van der Waals surface area (Å²) in [4.78, 5) is 29.0. The van der Waals surface area contributed by atoms with Crippen LogP contribution in [-0.4, -0.2) is 16.8 Å². The highest BCUT2D eigenvalue weighted by molar-refractivity contribution is 7.21. The first kappa shape index (κ1) is 25.3. The summed E-state index contributed by atoms with van der Waals surface area (Å²) in [7, 11) is 0. The number of carbonyl (C=O) groups is 2. The fourth-order valence-electron chi connectivity index (χ4n) is 3.67. The number of primary amides is 1. The van der Waals surface area contributed by atoms with Crippen molar-refractivity contribution in [1.29, 1.82) is 0 Å². The third-order valence-corrected chi connectivity index (χ3v) is 6.65. The van der Waals surface area contributed by atoms with Gasteiger partial charge in [0.15, 0.2) is 5.76 Å². The van der Waals surface area contributed by atoms with Gasteiger partial charge in [-0.2, -0.15) is 0 Å². The Labute approximate surface area is 210 Å². The zero-order chi connectivity index (χ0) is 26.2. The quantitative estimate of drug-likeness (QED) is 0.299. The number of pyridine rings is 1. The van der Waals surface area contributed by atoms with E-state index in [2.05, 4.69) is 31.1 Å². The number of benzene rings is 1. The number of ether oxygens (including phenoxy) is 1. The van der Waals surface area contributed by atoms with Crippen molar-refractivity contribution in [2.45, 2.75) is 46.1 Å². The molecule has 0 aliphatic carbocycles. The molecule has 36 heavy (non-hydrogen) atoms. The minimum atomic E-state index is -2.77. The first-order valence-electron chi connectivity index (χ1n) is 11.1. The fourth-order valence-corrected chi connectivity index (χ4v) is 4.74. The van der Waals surface area contributed by atoms with Crippen molar-refractivity contribution in [3.8, 4) is 5.75 Å². The third-order valence-electron chi connectivity index (χ3n) is 5.55. The summed E-state index contributed by atoms with van der Waals surface area (Å²) in [5.41, 5.74) is 6.82. The maximum absolute atomic E-state index is 13.2. The minimum Gasteiger partial charge on any atom is -0.486 e. The number of nitrogens with one attached hydrogen (secondary N) is 1.